The molecule has 0 bridgehead atoms. The van der Waals surface area contributed by atoms with E-state index in [9.17, 15) is 5.21 Å². The SMILES string of the molecule is ON=C(COc1ccccc1)c1ccc2c(c1)OCCO2. The highest BCUT2D eigenvalue weighted by molar-refractivity contribution is 6.01. The third-order valence-corrected chi connectivity index (χ3v) is 3.11. The first kappa shape index (κ1) is 13.3. The van der Waals surface area contributed by atoms with Crippen LogP contribution in [0.25, 0.3) is 0 Å². The Morgan fingerprint density at radius 2 is 1.81 bits per heavy atom. The van der Waals surface area contributed by atoms with Gasteiger partial charge in [0.15, 0.2) is 11.5 Å². The van der Waals surface area contributed by atoms with E-state index < -0.39 is 0 Å². The Morgan fingerprint density at radius 3 is 2.57 bits per heavy atom. The van der Waals surface area contributed by atoms with Gasteiger partial charge in [-0.25, -0.2) is 0 Å². The van der Waals surface area contributed by atoms with Crippen molar-refractivity contribution in [3.8, 4) is 17.2 Å². The Bertz CT molecular complexity index is 640. The van der Waals surface area contributed by atoms with E-state index in [-0.39, 0.29) is 6.61 Å². The van der Waals surface area contributed by atoms with E-state index >= 15 is 0 Å². The van der Waals surface area contributed by atoms with Crippen molar-refractivity contribution >= 4 is 5.71 Å². The summed E-state index contributed by atoms with van der Waals surface area (Å²) in [6, 6.07) is 14.8. The Balaban J connectivity index is 1.74. The summed E-state index contributed by atoms with van der Waals surface area (Å²) in [5.74, 6) is 2.07. The predicted molar refractivity (Wildman–Crippen MR) is 77.7 cm³/mol. The monoisotopic (exact) mass is 285 g/mol. The smallest absolute Gasteiger partial charge is 0.162 e. The zero-order valence-corrected chi connectivity index (χ0v) is 11.4. The summed E-state index contributed by atoms with van der Waals surface area (Å²) in [5.41, 5.74) is 1.16. The second kappa shape index (κ2) is 6.17. The highest BCUT2D eigenvalue weighted by Gasteiger charge is 2.14. The molecule has 0 aromatic heterocycles. The van der Waals surface area contributed by atoms with Crippen LogP contribution >= 0.6 is 0 Å². The summed E-state index contributed by atoms with van der Waals surface area (Å²) in [6.45, 7) is 1.23. The number of hydrogen-bond acceptors (Lipinski definition) is 5. The normalized spacial score (nSPS) is 13.8. The van der Waals surface area contributed by atoms with Gasteiger partial charge in [-0.15, -0.1) is 0 Å². The van der Waals surface area contributed by atoms with Crippen molar-refractivity contribution < 1.29 is 19.4 Å². The van der Waals surface area contributed by atoms with Crippen molar-refractivity contribution in [2.75, 3.05) is 19.8 Å². The third-order valence-electron chi connectivity index (χ3n) is 3.11. The summed E-state index contributed by atoms with van der Waals surface area (Å²) < 4.78 is 16.6. The molecule has 5 nitrogen and oxygen atoms in total. The van der Waals surface area contributed by atoms with Crippen LogP contribution in [0.4, 0.5) is 0 Å². The van der Waals surface area contributed by atoms with Gasteiger partial charge in [-0.05, 0) is 30.3 Å². The highest BCUT2D eigenvalue weighted by Crippen LogP contribution is 2.31. The van der Waals surface area contributed by atoms with Gasteiger partial charge in [-0.3, -0.25) is 0 Å². The van der Waals surface area contributed by atoms with E-state index in [0.717, 1.165) is 11.3 Å². The molecule has 1 aliphatic heterocycles. The summed E-state index contributed by atoms with van der Waals surface area (Å²) in [6.07, 6.45) is 0. The number of nitrogens with zero attached hydrogens (tertiary/aromatic N) is 1. The lowest BCUT2D eigenvalue weighted by Gasteiger charge is -2.19. The van der Waals surface area contributed by atoms with Gasteiger partial charge in [0.25, 0.3) is 0 Å². The van der Waals surface area contributed by atoms with Crippen LogP contribution in [0.1, 0.15) is 5.56 Å². The molecule has 3 rings (SSSR count). The maximum atomic E-state index is 9.20. The predicted octanol–water partition coefficient (Wildman–Crippen LogP) is 2.72. The Labute approximate surface area is 122 Å². The molecule has 0 unspecified atom stereocenters. The molecule has 0 amide bonds. The van der Waals surface area contributed by atoms with E-state index in [1.54, 1.807) is 12.1 Å². The zero-order chi connectivity index (χ0) is 14.5. The minimum absolute atomic E-state index is 0.167. The Hall–Kier alpha value is -2.69. The average Bonchev–Trinajstić information content (AvgIpc) is 2.56. The maximum Gasteiger partial charge on any atom is 0.162 e. The second-order valence-corrected chi connectivity index (χ2v) is 4.51. The van der Waals surface area contributed by atoms with E-state index in [1.807, 2.05) is 36.4 Å². The number of fused-ring (bicyclic) bond motifs is 1. The summed E-state index contributed by atoms with van der Waals surface area (Å²) in [5, 5.41) is 12.5. The molecule has 2 aromatic rings. The quantitative estimate of drug-likeness (QED) is 0.533. The van der Waals surface area contributed by atoms with Gasteiger partial charge in [-0.1, -0.05) is 23.4 Å². The largest absolute Gasteiger partial charge is 0.487 e. The van der Waals surface area contributed by atoms with Crippen LogP contribution in [-0.4, -0.2) is 30.7 Å². The van der Waals surface area contributed by atoms with E-state index in [4.69, 9.17) is 14.2 Å². The van der Waals surface area contributed by atoms with Crippen molar-refractivity contribution in [1.29, 1.82) is 0 Å². The van der Waals surface area contributed by atoms with Gasteiger partial charge in [0, 0.05) is 5.56 Å². The van der Waals surface area contributed by atoms with Crippen molar-refractivity contribution in [2.45, 2.75) is 0 Å². The van der Waals surface area contributed by atoms with E-state index in [1.165, 1.54) is 0 Å². The second-order valence-electron chi connectivity index (χ2n) is 4.51. The number of ether oxygens (including phenoxy) is 3. The van der Waals surface area contributed by atoms with E-state index in [0.29, 0.717) is 30.4 Å². The number of para-hydroxylation sites is 1. The molecule has 0 aliphatic carbocycles. The molecule has 0 saturated carbocycles. The van der Waals surface area contributed by atoms with Gasteiger partial charge in [-0.2, -0.15) is 0 Å². The summed E-state index contributed by atoms with van der Waals surface area (Å²) in [4.78, 5) is 0. The van der Waals surface area contributed by atoms with Crippen molar-refractivity contribution in [2.24, 2.45) is 5.16 Å². The molecular weight excluding hydrogens is 270 g/mol. The van der Waals surface area contributed by atoms with Gasteiger partial charge in [0.05, 0.1) is 0 Å². The molecule has 0 radical (unpaired) electrons. The topological polar surface area (TPSA) is 60.3 Å². The molecule has 0 fully saturated rings. The van der Waals surface area contributed by atoms with Crippen LogP contribution in [0.5, 0.6) is 17.2 Å². The minimum Gasteiger partial charge on any atom is -0.487 e. The zero-order valence-electron chi connectivity index (χ0n) is 11.4. The van der Waals surface area contributed by atoms with E-state index in [2.05, 4.69) is 5.16 Å². The molecule has 1 heterocycles. The minimum atomic E-state index is 0.167. The van der Waals surface area contributed by atoms with Gasteiger partial charge < -0.3 is 19.4 Å². The number of rotatable bonds is 4. The van der Waals surface area contributed by atoms with Crippen LogP contribution in [0.3, 0.4) is 0 Å². The van der Waals surface area contributed by atoms with Crippen LogP contribution in [0, 0.1) is 0 Å². The first-order valence-corrected chi connectivity index (χ1v) is 6.65. The van der Waals surface area contributed by atoms with Gasteiger partial charge >= 0.3 is 0 Å². The number of benzene rings is 2. The number of hydrogen-bond donors (Lipinski definition) is 1. The average molecular weight is 285 g/mol. The Kier molecular flexibility index (Phi) is 3.91. The third kappa shape index (κ3) is 3.08. The fourth-order valence-electron chi connectivity index (χ4n) is 2.06. The molecule has 2 aromatic carbocycles. The van der Waals surface area contributed by atoms with Crippen LogP contribution in [0.15, 0.2) is 53.7 Å². The van der Waals surface area contributed by atoms with Crippen LogP contribution < -0.4 is 14.2 Å². The lowest BCUT2D eigenvalue weighted by Crippen LogP contribution is -2.17. The fourth-order valence-corrected chi connectivity index (χ4v) is 2.06. The van der Waals surface area contributed by atoms with Crippen LogP contribution in [-0.2, 0) is 0 Å². The lowest BCUT2D eigenvalue weighted by molar-refractivity contribution is 0.171. The lowest BCUT2D eigenvalue weighted by atomic mass is 10.1. The van der Waals surface area contributed by atoms with Gasteiger partial charge in [0.2, 0.25) is 0 Å². The molecular formula is C16H15NO4. The molecule has 0 spiro atoms. The number of oxime groups is 1. The molecule has 1 aliphatic rings. The molecule has 5 heteroatoms. The van der Waals surface area contributed by atoms with Gasteiger partial charge in [0.1, 0.15) is 31.3 Å². The first-order valence-electron chi connectivity index (χ1n) is 6.65. The maximum absolute atomic E-state index is 9.20. The fraction of sp³-hybridized carbons (Fsp3) is 0.188. The van der Waals surface area contributed by atoms with Crippen LogP contribution in [0.2, 0.25) is 0 Å². The highest BCUT2D eigenvalue weighted by atomic mass is 16.6. The first-order chi connectivity index (χ1) is 10.4. The Morgan fingerprint density at radius 1 is 1.05 bits per heavy atom. The van der Waals surface area contributed by atoms with Crippen molar-refractivity contribution in [3.05, 3.63) is 54.1 Å². The molecule has 108 valence electrons. The molecule has 0 saturated heterocycles. The molecule has 21 heavy (non-hydrogen) atoms. The molecule has 1 N–H and O–H groups in total. The summed E-state index contributed by atoms with van der Waals surface area (Å²) >= 11 is 0. The molecule has 0 atom stereocenters. The van der Waals surface area contributed by atoms with Crippen molar-refractivity contribution in [3.63, 3.8) is 0 Å². The van der Waals surface area contributed by atoms with Crippen molar-refractivity contribution in [1.82, 2.24) is 0 Å². The standard InChI is InChI=1S/C16H15NO4/c18-17-14(11-21-13-4-2-1-3-5-13)12-6-7-15-16(10-12)20-9-8-19-15/h1-7,10,18H,8-9,11H2. The summed E-state index contributed by atoms with van der Waals surface area (Å²) in [7, 11) is 0.